The molecule has 0 unspecified atom stereocenters. The van der Waals surface area contributed by atoms with Crippen molar-refractivity contribution in [1.82, 2.24) is 0 Å². The van der Waals surface area contributed by atoms with Crippen molar-refractivity contribution in [3.8, 4) is 0 Å². The van der Waals surface area contributed by atoms with Crippen LogP contribution in [0.1, 0.15) is 32.8 Å². The monoisotopic (exact) mass is 232 g/mol. The molecule has 92 valence electrons. The van der Waals surface area contributed by atoms with Gasteiger partial charge in [-0.25, -0.2) is 0 Å². The van der Waals surface area contributed by atoms with Gasteiger partial charge in [-0.1, -0.05) is 51.5 Å². The minimum atomic E-state index is -0.175. The average molecular weight is 232 g/mol. The second-order valence-electron chi connectivity index (χ2n) is 5.57. The number of rotatable bonds is 3. The minimum Gasteiger partial charge on any atom is -0.407 e. The summed E-state index contributed by atoms with van der Waals surface area (Å²) in [6.07, 6.45) is 2.23. The molecule has 3 heteroatoms. The molecular weight excluding hydrogens is 211 g/mol. The van der Waals surface area contributed by atoms with Gasteiger partial charge in [-0.3, -0.25) is 0 Å². The molecule has 0 atom stereocenters. The third-order valence-electron chi connectivity index (χ3n) is 3.08. The van der Waals surface area contributed by atoms with E-state index in [1.54, 1.807) is 0 Å². The van der Waals surface area contributed by atoms with Gasteiger partial charge in [0, 0.05) is 18.6 Å². The number of aryl methyl sites for hydroxylation is 1. The Morgan fingerprint density at radius 1 is 1.18 bits per heavy atom. The molecule has 0 aromatic heterocycles. The molecule has 1 heterocycles. The molecule has 0 spiro atoms. The maximum absolute atomic E-state index is 5.84. The van der Waals surface area contributed by atoms with Crippen molar-refractivity contribution >= 4 is 12.6 Å². The number of benzene rings is 1. The molecule has 0 radical (unpaired) electrons. The summed E-state index contributed by atoms with van der Waals surface area (Å²) >= 11 is 0. The van der Waals surface area contributed by atoms with E-state index in [1.807, 2.05) is 0 Å². The SMILES string of the molecule is CCCc1ccccc1B1OCC(C)(C)CO1. The van der Waals surface area contributed by atoms with Crippen molar-refractivity contribution in [2.24, 2.45) is 5.41 Å². The molecule has 1 aliphatic rings. The summed E-state index contributed by atoms with van der Waals surface area (Å²) in [5.41, 5.74) is 2.68. The first-order valence-corrected chi connectivity index (χ1v) is 6.43. The summed E-state index contributed by atoms with van der Waals surface area (Å²) in [5.74, 6) is 0. The highest BCUT2D eigenvalue weighted by molar-refractivity contribution is 6.62. The molecule has 0 amide bonds. The molecule has 1 aromatic carbocycles. The summed E-state index contributed by atoms with van der Waals surface area (Å²) in [6.45, 7) is 8.06. The van der Waals surface area contributed by atoms with E-state index in [0.717, 1.165) is 26.1 Å². The van der Waals surface area contributed by atoms with Crippen molar-refractivity contribution in [2.75, 3.05) is 13.2 Å². The van der Waals surface area contributed by atoms with E-state index >= 15 is 0 Å². The Kier molecular flexibility index (Phi) is 3.90. The number of hydrogen-bond donors (Lipinski definition) is 0. The highest BCUT2D eigenvalue weighted by Crippen LogP contribution is 2.21. The van der Waals surface area contributed by atoms with Crippen LogP contribution in [0.3, 0.4) is 0 Å². The largest absolute Gasteiger partial charge is 0.494 e. The van der Waals surface area contributed by atoms with E-state index in [-0.39, 0.29) is 12.5 Å². The standard InChI is InChI=1S/C14H21BO2/c1-4-7-12-8-5-6-9-13(12)15-16-10-14(2,3)11-17-15/h5-6,8-9H,4,7,10-11H2,1-3H3. The van der Waals surface area contributed by atoms with E-state index in [4.69, 9.17) is 9.31 Å². The summed E-state index contributed by atoms with van der Waals surface area (Å²) in [6, 6.07) is 8.43. The molecule has 1 aliphatic heterocycles. The van der Waals surface area contributed by atoms with E-state index in [1.165, 1.54) is 11.0 Å². The van der Waals surface area contributed by atoms with Gasteiger partial charge in [0.1, 0.15) is 0 Å². The van der Waals surface area contributed by atoms with Crippen molar-refractivity contribution < 1.29 is 9.31 Å². The molecule has 0 saturated carbocycles. The van der Waals surface area contributed by atoms with Crippen LogP contribution in [0.25, 0.3) is 0 Å². The van der Waals surface area contributed by atoms with Gasteiger partial charge in [-0.2, -0.15) is 0 Å². The molecule has 1 fully saturated rings. The number of hydrogen-bond acceptors (Lipinski definition) is 2. The lowest BCUT2D eigenvalue weighted by molar-refractivity contribution is 0.0342. The van der Waals surface area contributed by atoms with Crippen LogP contribution >= 0.6 is 0 Å². The maximum atomic E-state index is 5.84. The molecular formula is C14H21BO2. The van der Waals surface area contributed by atoms with Crippen LogP contribution in [0.15, 0.2) is 24.3 Å². The summed E-state index contributed by atoms with van der Waals surface area (Å²) in [5, 5.41) is 0. The second kappa shape index (κ2) is 5.24. The minimum absolute atomic E-state index is 0.135. The van der Waals surface area contributed by atoms with Gasteiger partial charge in [0.25, 0.3) is 0 Å². The van der Waals surface area contributed by atoms with E-state index < -0.39 is 0 Å². The van der Waals surface area contributed by atoms with Gasteiger partial charge >= 0.3 is 7.12 Å². The van der Waals surface area contributed by atoms with Crippen LogP contribution in [-0.4, -0.2) is 20.3 Å². The first-order chi connectivity index (χ1) is 8.12. The Bertz CT molecular complexity index is 366. The lowest BCUT2D eigenvalue weighted by Crippen LogP contribution is -2.48. The van der Waals surface area contributed by atoms with Gasteiger partial charge in [-0.15, -0.1) is 0 Å². The fourth-order valence-corrected chi connectivity index (χ4v) is 2.13. The Hall–Kier alpha value is -0.795. The first-order valence-electron chi connectivity index (χ1n) is 6.43. The first kappa shape index (κ1) is 12.7. The van der Waals surface area contributed by atoms with Crippen LogP contribution in [0.4, 0.5) is 0 Å². The summed E-state index contributed by atoms with van der Waals surface area (Å²) in [7, 11) is -0.175. The molecule has 0 bridgehead atoms. The van der Waals surface area contributed by atoms with Gasteiger partial charge in [0.15, 0.2) is 0 Å². The van der Waals surface area contributed by atoms with Gasteiger partial charge in [0.2, 0.25) is 0 Å². The zero-order valence-corrected chi connectivity index (χ0v) is 11.0. The maximum Gasteiger partial charge on any atom is 0.494 e. The molecule has 17 heavy (non-hydrogen) atoms. The Morgan fingerprint density at radius 3 is 2.47 bits per heavy atom. The molecule has 0 N–H and O–H groups in total. The Morgan fingerprint density at radius 2 is 1.82 bits per heavy atom. The molecule has 1 aromatic rings. The zero-order chi connectivity index (χ0) is 12.3. The smallest absolute Gasteiger partial charge is 0.407 e. The molecule has 2 nitrogen and oxygen atoms in total. The van der Waals surface area contributed by atoms with Crippen molar-refractivity contribution in [3.63, 3.8) is 0 Å². The second-order valence-corrected chi connectivity index (χ2v) is 5.57. The lowest BCUT2D eigenvalue weighted by Gasteiger charge is -2.33. The average Bonchev–Trinajstić information content (AvgIpc) is 2.31. The zero-order valence-electron chi connectivity index (χ0n) is 11.0. The van der Waals surface area contributed by atoms with Gasteiger partial charge in [0.05, 0.1) is 0 Å². The van der Waals surface area contributed by atoms with Gasteiger partial charge in [-0.05, 0) is 17.4 Å². The Labute approximate surface area is 104 Å². The van der Waals surface area contributed by atoms with Crippen LogP contribution in [0.5, 0.6) is 0 Å². The molecule has 0 aliphatic carbocycles. The summed E-state index contributed by atoms with van der Waals surface area (Å²) < 4.78 is 11.7. The quantitative estimate of drug-likeness (QED) is 0.745. The van der Waals surface area contributed by atoms with E-state index in [2.05, 4.69) is 45.0 Å². The molecule has 1 saturated heterocycles. The van der Waals surface area contributed by atoms with Crippen LogP contribution in [0.2, 0.25) is 0 Å². The predicted octanol–water partition coefficient (Wildman–Crippen LogP) is 2.41. The highest BCUT2D eigenvalue weighted by Gasteiger charge is 2.34. The fraction of sp³-hybridized carbons (Fsp3) is 0.571. The fourth-order valence-electron chi connectivity index (χ4n) is 2.13. The van der Waals surface area contributed by atoms with Crippen molar-refractivity contribution in [2.45, 2.75) is 33.6 Å². The van der Waals surface area contributed by atoms with Crippen LogP contribution in [0, 0.1) is 5.41 Å². The summed E-state index contributed by atoms with van der Waals surface area (Å²) in [4.78, 5) is 0. The van der Waals surface area contributed by atoms with Crippen molar-refractivity contribution in [1.29, 1.82) is 0 Å². The molecule has 2 rings (SSSR count). The van der Waals surface area contributed by atoms with Crippen LogP contribution < -0.4 is 5.46 Å². The Balaban J connectivity index is 2.12. The lowest BCUT2D eigenvalue weighted by atomic mass is 9.73. The third-order valence-corrected chi connectivity index (χ3v) is 3.08. The van der Waals surface area contributed by atoms with E-state index in [9.17, 15) is 0 Å². The third kappa shape index (κ3) is 3.11. The van der Waals surface area contributed by atoms with Crippen molar-refractivity contribution in [3.05, 3.63) is 29.8 Å². The van der Waals surface area contributed by atoms with Crippen LogP contribution in [-0.2, 0) is 15.7 Å². The highest BCUT2D eigenvalue weighted by atomic mass is 16.6. The van der Waals surface area contributed by atoms with E-state index in [0.29, 0.717) is 0 Å². The normalized spacial score (nSPS) is 19.4. The topological polar surface area (TPSA) is 18.5 Å². The van der Waals surface area contributed by atoms with Gasteiger partial charge < -0.3 is 9.31 Å². The predicted molar refractivity (Wildman–Crippen MR) is 71.5 cm³/mol.